The maximum absolute atomic E-state index is 12.3. The summed E-state index contributed by atoms with van der Waals surface area (Å²) in [5, 5.41) is 3.04. The van der Waals surface area contributed by atoms with Crippen molar-refractivity contribution in [3.63, 3.8) is 0 Å². The first-order valence-corrected chi connectivity index (χ1v) is 8.92. The highest BCUT2D eigenvalue weighted by molar-refractivity contribution is 5.79. The minimum Gasteiger partial charge on any atom is -0.356 e. The molecule has 1 aromatic carbocycles. The Bertz CT molecular complexity index is 477. The van der Waals surface area contributed by atoms with Crippen molar-refractivity contribution in [1.82, 2.24) is 10.2 Å². The lowest BCUT2D eigenvalue weighted by molar-refractivity contribution is -0.125. The van der Waals surface area contributed by atoms with Crippen LogP contribution in [0.1, 0.15) is 51.1 Å². The fourth-order valence-corrected chi connectivity index (χ4v) is 3.27. The van der Waals surface area contributed by atoms with Crippen LogP contribution in [0.3, 0.4) is 0 Å². The van der Waals surface area contributed by atoms with Gasteiger partial charge >= 0.3 is 0 Å². The molecule has 0 spiro atoms. The van der Waals surface area contributed by atoms with Crippen molar-refractivity contribution in [2.75, 3.05) is 19.6 Å². The second-order valence-corrected chi connectivity index (χ2v) is 6.75. The molecule has 3 N–H and O–H groups in total. The molecule has 4 nitrogen and oxygen atoms in total. The number of hydrogen-bond acceptors (Lipinski definition) is 3. The molecule has 3 unspecified atom stereocenters. The summed E-state index contributed by atoms with van der Waals surface area (Å²) in [7, 11) is 0. The van der Waals surface area contributed by atoms with Gasteiger partial charge in [-0.05, 0) is 38.3 Å². The summed E-state index contributed by atoms with van der Waals surface area (Å²) in [5.41, 5.74) is 7.22. The minimum absolute atomic E-state index is 0.0491. The quantitative estimate of drug-likeness (QED) is 0.760. The van der Waals surface area contributed by atoms with Gasteiger partial charge in [0.2, 0.25) is 5.91 Å². The normalized spacial score (nSPS) is 21.6. The monoisotopic (exact) mass is 317 g/mol. The molecular formula is C19H31N3O. The van der Waals surface area contributed by atoms with Crippen molar-refractivity contribution >= 4 is 5.91 Å². The second kappa shape index (κ2) is 9.04. The summed E-state index contributed by atoms with van der Waals surface area (Å²) in [6.07, 6.45) is 4.96. The van der Waals surface area contributed by atoms with E-state index in [9.17, 15) is 4.79 Å². The Labute approximate surface area is 140 Å². The number of benzene rings is 1. The molecule has 1 aliphatic rings. The summed E-state index contributed by atoms with van der Waals surface area (Å²) >= 11 is 0. The summed E-state index contributed by atoms with van der Waals surface area (Å²) in [5.74, 6) is -0.167. The lowest BCUT2D eigenvalue weighted by atomic mass is 9.94. The van der Waals surface area contributed by atoms with Crippen LogP contribution >= 0.6 is 0 Å². The number of carbonyl (C=O) groups excluding carboxylic acids is 1. The molecule has 1 heterocycles. The molecule has 1 fully saturated rings. The topological polar surface area (TPSA) is 58.4 Å². The molecule has 1 aromatic rings. The molecule has 0 aliphatic carbocycles. The molecule has 1 amide bonds. The number of rotatable bonds is 7. The third kappa shape index (κ3) is 5.33. The van der Waals surface area contributed by atoms with E-state index in [2.05, 4.69) is 17.1 Å². The maximum Gasteiger partial charge on any atom is 0.224 e. The first-order chi connectivity index (χ1) is 11.1. The Kier molecular flexibility index (Phi) is 7.06. The number of carbonyl (C=O) groups is 1. The number of hydrogen-bond donors (Lipinski definition) is 2. The van der Waals surface area contributed by atoms with Gasteiger partial charge in [-0.1, -0.05) is 43.7 Å². The van der Waals surface area contributed by atoms with E-state index in [0.717, 1.165) is 25.1 Å². The number of piperidine rings is 1. The predicted octanol–water partition coefficient (Wildman–Crippen LogP) is 2.70. The van der Waals surface area contributed by atoms with E-state index in [0.29, 0.717) is 6.04 Å². The van der Waals surface area contributed by atoms with Crippen molar-refractivity contribution in [2.45, 2.75) is 51.6 Å². The standard InChI is InChI=1S/C19H31N3O/c1-15-9-6-7-13-22(15)14-8-12-21-19(23)16(2)18(20)17-10-4-3-5-11-17/h3-5,10-11,15-16,18H,6-9,12-14,20H2,1-2H3,(H,21,23). The van der Waals surface area contributed by atoms with Crippen LogP contribution in [0.2, 0.25) is 0 Å². The van der Waals surface area contributed by atoms with Gasteiger partial charge in [0.05, 0.1) is 5.92 Å². The van der Waals surface area contributed by atoms with E-state index in [-0.39, 0.29) is 17.9 Å². The van der Waals surface area contributed by atoms with E-state index >= 15 is 0 Å². The van der Waals surface area contributed by atoms with Gasteiger partial charge in [0.15, 0.2) is 0 Å². The van der Waals surface area contributed by atoms with Crippen LogP contribution in [0.5, 0.6) is 0 Å². The van der Waals surface area contributed by atoms with Crippen LogP contribution in [-0.4, -0.2) is 36.5 Å². The molecule has 1 saturated heterocycles. The Morgan fingerprint density at radius 2 is 2.09 bits per heavy atom. The van der Waals surface area contributed by atoms with E-state index in [1.54, 1.807) is 0 Å². The summed E-state index contributed by atoms with van der Waals surface area (Å²) in [6, 6.07) is 10.3. The van der Waals surface area contributed by atoms with Crippen molar-refractivity contribution < 1.29 is 4.79 Å². The van der Waals surface area contributed by atoms with Crippen LogP contribution in [-0.2, 0) is 4.79 Å². The molecule has 4 heteroatoms. The highest BCUT2D eigenvalue weighted by Gasteiger charge is 2.22. The average Bonchev–Trinajstić information content (AvgIpc) is 2.59. The van der Waals surface area contributed by atoms with Gasteiger partial charge in [-0.15, -0.1) is 0 Å². The van der Waals surface area contributed by atoms with Crippen LogP contribution in [0.4, 0.5) is 0 Å². The lowest BCUT2D eigenvalue weighted by Gasteiger charge is -2.33. The number of nitrogens with one attached hydrogen (secondary N) is 1. The molecule has 0 bridgehead atoms. The Hall–Kier alpha value is -1.39. The van der Waals surface area contributed by atoms with Gasteiger partial charge in [-0.3, -0.25) is 4.79 Å². The first kappa shape index (κ1) is 18.0. The molecule has 0 aromatic heterocycles. The van der Waals surface area contributed by atoms with Gasteiger partial charge in [-0.25, -0.2) is 0 Å². The highest BCUT2D eigenvalue weighted by atomic mass is 16.1. The Morgan fingerprint density at radius 1 is 1.35 bits per heavy atom. The van der Waals surface area contributed by atoms with Crippen molar-refractivity contribution in [1.29, 1.82) is 0 Å². The molecule has 2 rings (SSSR count). The zero-order valence-corrected chi connectivity index (χ0v) is 14.5. The van der Waals surface area contributed by atoms with Crippen molar-refractivity contribution in [2.24, 2.45) is 11.7 Å². The maximum atomic E-state index is 12.3. The van der Waals surface area contributed by atoms with Crippen molar-refractivity contribution in [3.05, 3.63) is 35.9 Å². The van der Waals surface area contributed by atoms with Gasteiger partial charge < -0.3 is 16.0 Å². The first-order valence-electron chi connectivity index (χ1n) is 8.92. The van der Waals surface area contributed by atoms with E-state index in [1.807, 2.05) is 37.3 Å². The molecule has 1 aliphatic heterocycles. The number of amides is 1. The largest absolute Gasteiger partial charge is 0.356 e. The predicted molar refractivity (Wildman–Crippen MR) is 95.0 cm³/mol. The van der Waals surface area contributed by atoms with Crippen LogP contribution in [0.15, 0.2) is 30.3 Å². The van der Waals surface area contributed by atoms with Crippen LogP contribution < -0.4 is 11.1 Å². The Balaban J connectivity index is 1.69. The van der Waals surface area contributed by atoms with Crippen LogP contribution in [0.25, 0.3) is 0 Å². The average molecular weight is 317 g/mol. The third-order valence-electron chi connectivity index (χ3n) is 5.00. The summed E-state index contributed by atoms with van der Waals surface area (Å²) in [4.78, 5) is 14.8. The second-order valence-electron chi connectivity index (χ2n) is 6.75. The summed E-state index contributed by atoms with van der Waals surface area (Å²) < 4.78 is 0. The minimum atomic E-state index is -0.252. The number of likely N-dealkylation sites (tertiary alicyclic amines) is 1. The lowest BCUT2D eigenvalue weighted by Crippen LogP contribution is -2.40. The third-order valence-corrected chi connectivity index (χ3v) is 5.00. The van der Waals surface area contributed by atoms with Gasteiger partial charge in [-0.2, -0.15) is 0 Å². The van der Waals surface area contributed by atoms with Gasteiger partial charge in [0.1, 0.15) is 0 Å². The molecule has 3 atom stereocenters. The molecule has 0 saturated carbocycles. The smallest absolute Gasteiger partial charge is 0.224 e. The molecule has 128 valence electrons. The SMILES string of the molecule is CC(C(=O)NCCCN1CCCCC1C)C(N)c1ccccc1. The zero-order chi connectivity index (χ0) is 16.7. The van der Waals surface area contributed by atoms with Crippen LogP contribution in [0, 0.1) is 5.92 Å². The zero-order valence-electron chi connectivity index (χ0n) is 14.5. The van der Waals surface area contributed by atoms with E-state index in [4.69, 9.17) is 5.73 Å². The molecular weight excluding hydrogens is 286 g/mol. The molecule has 0 radical (unpaired) electrons. The number of nitrogens with zero attached hydrogens (tertiary/aromatic N) is 1. The number of nitrogens with two attached hydrogens (primary N) is 1. The van der Waals surface area contributed by atoms with E-state index < -0.39 is 0 Å². The van der Waals surface area contributed by atoms with Crippen molar-refractivity contribution in [3.8, 4) is 0 Å². The molecule has 23 heavy (non-hydrogen) atoms. The highest BCUT2D eigenvalue weighted by Crippen LogP contribution is 2.19. The summed E-state index contributed by atoms with van der Waals surface area (Å²) in [6.45, 7) is 7.21. The van der Waals surface area contributed by atoms with Gasteiger partial charge in [0.25, 0.3) is 0 Å². The fourth-order valence-electron chi connectivity index (χ4n) is 3.27. The Morgan fingerprint density at radius 3 is 2.78 bits per heavy atom. The van der Waals surface area contributed by atoms with E-state index in [1.165, 1.54) is 25.8 Å². The van der Waals surface area contributed by atoms with Gasteiger partial charge in [0, 0.05) is 25.2 Å². The fraction of sp³-hybridized carbons (Fsp3) is 0.632.